The molecule has 4 heteroatoms. The van der Waals surface area contributed by atoms with E-state index in [0.717, 1.165) is 17.6 Å². The summed E-state index contributed by atoms with van der Waals surface area (Å²) in [5.74, 6) is 0. The number of rotatable bonds is 7. The van der Waals surface area contributed by atoms with E-state index in [2.05, 4.69) is 11.6 Å². The molecule has 0 amide bonds. The molecule has 0 heterocycles. The number of hydrogen-bond acceptors (Lipinski definition) is 3. The molecule has 0 fully saturated rings. The van der Waals surface area contributed by atoms with Crippen LogP contribution in [0.25, 0.3) is 0 Å². The first-order chi connectivity index (χ1) is 5.41. The van der Waals surface area contributed by atoms with Crippen LogP contribution < -0.4 is 25.4 Å². The van der Waals surface area contributed by atoms with Crippen molar-refractivity contribution < 1.29 is 26.2 Å². The summed E-state index contributed by atoms with van der Waals surface area (Å²) in [5.41, 5.74) is 0. The van der Waals surface area contributed by atoms with Gasteiger partial charge in [0.05, 0.1) is 0 Å². The Morgan fingerprint density at radius 2 is 2.36 bits per heavy atom. The summed E-state index contributed by atoms with van der Waals surface area (Å²) in [6.45, 7) is 5.70. The molecule has 0 spiro atoms. The van der Waals surface area contributed by atoms with Crippen molar-refractivity contribution in [3.63, 3.8) is 0 Å². The fourth-order valence-electron chi connectivity index (χ4n) is 0.467. The summed E-state index contributed by atoms with van der Waals surface area (Å²) in [7, 11) is 0. The van der Waals surface area contributed by atoms with E-state index in [1.54, 1.807) is 12.3 Å². The first-order valence-corrected chi connectivity index (χ1v) is 6.15. The molecule has 0 rings (SSSR count). The number of halogens is 1. The summed E-state index contributed by atoms with van der Waals surface area (Å²) in [6, 6.07) is 0. The van der Waals surface area contributed by atoms with Crippen LogP contribution in [-0.4, -0.2) is 30.4 Å². The van der Waals surface area contributed by atoms with Crippen LogP contribution in [0.5, 0.6) is 0 Å². The van der Waals surface area contributed by atoms with Crippen molar-refractivity contribution in [2.24, 2.45) is 8.94 Å². The summed E-state index contributed by atoms with van der Waals surface area (Å²) < 4.78 is 11.6. The Morgan fingerprint density at radius 3 is 3.00 bits per heavy atom. The van der Waals surface area contributed by atoms with Gasteiger partial charge in [-0.2, -0.15) is 0 Å². The molecule has 0 aliphatic rings. The predicted molar refractivity (Wildman–Crippen MR) is 43.4 cm³/mol. The average molecular weight is 269 g/mol. The van der Waals surface area contributed by atoms with Crippen molar-refractivity contribution in [1.29, 1.82) is 0 Å². The second-order valence-corrected chi connectivity index (χ2v) is 3.71. The summed E-state index contributed by atoms with van der Waals surface area (Å²) in [6.07, 6.45) is 3.34. The van der Waals surface area contributed by atoms with Gasteiger partial charge in [-0.15, -0.1) is 0 Å². The molecule has 0 atom stereocenters. The van der Waals surface area contributed by atoms with Crippen LogP contribution in [0.1, 0.15) is 0 Å². The molecule has 3 nitrogen and oxygen atoms in total. The Bertz CT molecular complexity index is 117. The fourth-order valence-corrected chi connectivity index (χ4v) is 1.03. The van der Waals surface area contributed by atoms with Gasteiger partial charge < -0.3 is 0 Å². The summed E-state index contributed by atoms with van der Waals surface area (Å²) in [5, 5.41) is 0. The summed E-state index contributed by atoms with van der Waals surface area (Å²) >= 11 is -0.101. The zero-order valence-electron chi connectivity index (χ0n) is 6.50. The first kappa shape index (κ1) is 11.1. The third-order valence-electron chi connectivity index (χ3n) is 0.906. The molecule has 0 saturated heterocycles. The topological polar surface area (TPSA) is 47.6 Å². The van der Waals surface area contributed by atoms with E-state index in [9.17, 15) is 0 Å². The van der Waals surface area contributed by atoms with Gasteiger partial charge in [-0.3, -0.25) is 0 Å². The van der Waals surface area contributed by atoms with E-state index in [-0.39, 0.29) is 21.5 Å². The van der Waals surface area contributed by atoms with Crippen LogP contribution in [-0.2, 0) is 4.74 Å². The number of aliphatic imine (C=N–C) groups is 1. The van der Waals surface area contributed by atoms with Gasteiger partial charge in [-0.05, 0) is 0 Å². The van der Waals surface area contributed by atoms with Gasteiger partial charge >= 0.3 is 78.2 Å². The molecule has 0 aromatic rings. The molecule has 0 radical (unpaired) electrons. The zero-order valence-corrected chi connectivity index (χ0v) is 8.66. The molecule has 0 aliphatic carbocycles. The van der Waals surface area contributed by atoms with Crippen LogP contribution in [0.15, 0.2) is 17.6 Å². The third kappa shape index (κ3) is 10.1. The maximum atomic E-state index is 5.38. The normalized spacial score (nSPS) is 11.0. The van der Waals surface area contributed by atoms with Gasteiger partial charge in [0.2, 0.25) is 0 Å². The van der Waals surface area contributed by atoms with Crippen molar-refractivity contribution in [2.45, 2.75) is 0 Å². The van der Waals surface area contributed by atoms with E-state index in [1.807, 2.05) is 0 Å². The molecule has 0 aromatic carbocycles. The van der Waals surface area contributed by atoms with Crippen LogP contribution in [0.2, 0.25) is 0 Å². The molecule has 0 unspecified atom stereocenters. The fraction of sp³-hybridized carbons (Fsp3) is 0.571. The van der Waals surface area contributed by atoms with Gasteiger partial charge in [0.1, 0.15) is 0 Å². The van der Waals surface area contributed by atoms with E-state index < -0.39 is 0 Å². The van der Waals surface area contributed by atoms with Gasteiger partial charge in [0, 0.05) is 0 Å². The van der Waals surface area contributed by atoms with Gasteiger partial charge in [-0.25, -0.2) is 0 Å². The third-order valence-corrected chi connectivity index (χ3v) is 1.97. The first-order valence-electron chi connectivity index (χ1n) is 3.38. The maximum absolute atomic E-state index is 5.38. The van der Waals surface area contributed by atoms with Crippen molar-refractivity contribution in [3.8, 4) is 0 Å². The Labute approximate surface area is 78.3 Å². The Morgan fingerprint density at radius 1 is 1.55 bits per heavy atom. The number of nitrogens with zero attached hydrogens (tertiary/aromatic N) is 1. The van der Waals surface area contributed by atoms with Gasteiger partial charge in [0.15, 0.2) is 0 Å². The molecule has 0 saturated carbocycles. The minimum absolute atomic E-state index is 0.101. The molecule has 0 bridgehead atoms. The van der Waals surface area contributed by atoms with E-state index >= 15 is 0 Å². The van der Waals surface area contributed by atoms with Crippen molar-refractivity contribution in [3.05, 3.63) is 12.7 Å². The molecular formula is C7H14IN2O-. The molecule has 2 N–H and O–H groups in total. The predicted octanol–water partition coefficient (Wildman–Crippen LogP) is -2.78. The minimum atomic E-state index is -0.101. The Kier molecular flexibility index (Phi) is 10.1. The molecular weight excluding hydrogens is 255 g/mol. The van der Waals surface area contributed by atoms with Gasteiger partial charge in [-0.1, -0.05) is 0 Å². The Hall–Kier alpha value is 0.0600. The van der Waals surface area contributed by atoms with E-state index in [0.29, 0.717) is 6.61 Å². The SMILES string of the molecule is C=CC=NCCOCC[I-]N. The van der Waals surface area contributed by atoms with Crippen LogP contribution in [0.4, 0.5) is 0 Å². The van der Waals surface area contributed by atoms with Crippen molar-refractivity contribution in [1.82, 2.24) is 0 Å². The van der Waals surface area contributed by atoms with E-state index in [4.69, 9.17) is 8.68 Å². The zero-order chi connectivity index (χ0) is 8.36. The van der Waals surface area contributed by atoms with E-state index in [1.165, 1.54) is 0 Å². The van der Waals surface area contributed by atoms with Gasteiger partial charge in [0.25, 0.3) is 0 Å². The number of allylic oxidation sites excluding steroid dienone is 1. The second kappa shape index (κ2) is 10.1. The van der Waals surface area contributed by atoms with Crippen LogP contribution in [0, 0.1) is 0 Å². The Balaban J connectivity index is 2.90. The molecule has 0 aliphatic heterocycles. The monoisotopic (exact) mass is 269 g/mol. The number of alkyl halides is 1. The van der Waals surface area contributed by atoms with Crippen LogP contribution in [0.3, 0.4) is 0 Å². The van der Waals surface area contributed by atoms with Crippen LogP contribution >= 0.6 is 0 Å². The number of hydrogen-bond donors (Lipinski definition) is 1. The molecule has 66 valence electrons. The molecule has 11 heavy (non-hydrogen) atoms. The van der Waals surface area contributed by atoms with Crippen molar-refractivity contribution in [2.75, 3.05) is 24.2 Å². The van der Waals surface area contributed by atoms with Crippen molar-refractivity contribution >= 4 is 6.21 Å². The summed E-state index contributed by atoms with van der Waals surface area (Å²) in [4.78, 5) is 4.00. The quantitative estimate of drug-likeness (QED) is 0.179. The second-order valence-electron chi connectivity index (χ2n) is 1.75. The molecule has 0 aromatic heterocycles. The number of ether oxygens (including phenoxy) is 1. The standard InChI is InChI=1S/C7H14IN2O/c1-2-4-10-5-7-11-6-3-8-9/h2,4H,1,3,5-7,9H2/q-1. The number of nitrogens with two attached hydrogens (primary N) is 1. The average Bonchev–Trinajstić information content (AvgIpc) is 2.03.